The molecule has 1 saturated heterocycles. The minimum Gasteiger partial charge on any atom is -0.342 e. The quantitative estimate of drug-likeness (QED) is 0.631. The Hall–Kier alpha value is -2.41. The molecule has 0 saturated carbocycles. The van der Waals surface area contributed by atoms with Gasteiger partial charge in [-0.2, -0.15) is 9.61 Å². The molecule has 0 unspecified atom stereocenters. The molecular weight excluding hydrogens is 358 g/mol. The summed E-state index contributed by atoms with van der Waals surface area (Å²) in [6.07, 6.45) is 4.23. The van der Waals surface area contributed by atoms with Crippen LogP contribution in [0.2, 0.25) is 0 Å². The van der Waals surface area contributed by atoms with Crippen LogP contribution in [0.25, 0.3) is 17.0 Å². The normalized spacial score (nSPS) is 15.8. The average Bonchev–Trinajstić information content (AvgIpc) is 3.16. The fraction of sp³-hybridized carbons (Fsp3) is 0.400. The number of fused-ring (bicyclic) bond motifs is 1. The Morgan fingerprint density at radius 3 is 2.59 bits per heavy atom. The fourth-order valence-corrected chi connectivity index (χ4v) is 4.36. The summed E-state index contributed by atoms with van der Waals surface area (Å²) >= 11 is 1.53. The van der Waals surface area contributed by atoms with Gasteiger partial charge in [0.1, 0.15) is 5.03 Å². The van der Waals surface area contributed by atoms with Crippen LogP contribution in [0.5, 0.6) is 0 Å². The van der Waals surface area contributed by atoms with Crippen molar-refractivity contribution in [3.63, 3.8) is 0 Å². The topological polar surface area (TPSA) is 63.4 Å². The molecule has 1 fully saturated rings. The molecule has 0 radical (unpaired) electrons. The smallest absolute Gasteiger partial charge is 0.236 e. The summed E-state index contributed by atoms with van der Waals surface area (Å²) in [6.45, 7) is 3.82. The highest BCUT2D eigenvalue weighted by atomic mass is 32.2. The Morgan fingerprint density at radius 1 is 1.07 bits per heavy atom. The van der Waals surface area contributed by atoms with E-state index >= 15 is 0 Å². The lowest BCUT2D eigenvalue weighted by Gasteiger charge is -2.29. The summed E-state index contributed by atoms with van der Waals surface area (Å²) in [5.41, 5.74) is 1.67. The number of amides is 1. The van der Waals surface area contributed by atoms with E-state index in [1.807, 2.05) is 47.4 Å². The molecule has 4 rings (SSSR count). The van der Waals surface area contributed by atoms with Crippen molar-refractivity contribution in [1.82, 2.24) is 24.7 Å². The number of aromatic nitrogens is 4. The van der Waals surface area contributed by atoms with E-state index in [1.165, 1.54) is 18.2 Å². The molecule has 0 bridgehead atoms. The lowest BCUT2D eigenvalue weighted by atomic mass is 10.1. The SMILES string of the molecule is CC[C@@H](Sc1ccc2nnc(-c3ccccc3)n2n1)C(=O)N1CCCCC1. The summed E-state index contributed by atoms with van der Waals surface area (Å²) in [6, 6.07) is 13.7. The molecule has 1 aliphatic rings. The monoisotopic (exact) mass is 381 g/mol. The third-order valence-corrected chi connectivity index (χ3v) is 6.13. The van der Waals surface area contributed by atoms with Gasteiger partial charge < -0.3 is 4.90 Å². The zero-order valence-electron chi connectivity index (χ0n) is 15.4. The average molecular weight is 382 g/mol. The summed E-state index contributed by atoms with van der Waals surface area (Å²) in [4.78, 5) is 14.9. The van der Waals surface area contributed by atoms with Gasteiger partial charge in [0.25, 0.3) is 0 Å². The molecule has 0 aliphatic carbocycles. The van der Waals surface area contributed by atoms with Crippen LogP contribution in [0.3, 0.4) is 0 Å². The van der Waals surface area contributed by atoms with Crippen LogP contribution in [0.1, 0.15) is 32.6 Å². The molecule has 3 heterocycles. The van der Waals surface area contributed by atoms with Crippen LogP contribution >= 0.6 is 11.8 Å². The highest BCUT2D eigenvalue weighted by Gasteiger charge is 2.25. The summed E-state index contributed by atoms with van der Waals surface area (Å²) in [5, 5.41) is 13.9. The Balaban J connectivity index is 1.58. The van der Waals surface area contributed by atoms with Crippen LogP contribution < -0.4 is 0 Å². The second-order valence-corrected chi connectivity index (χ2v) is 7.95. The zero-order valence-corrected chi connectivity index (χ0v) is 16.2. The maximum Gasteiger partial charge on any atom is 0.236 e. The van der Waals surface area contributed by atoms with Crippen molar-refractivity contribution in [2.75, 3.05) is 13.1 Å². The molecule has 0 spiro atoms. The number of likely N-dealkylation sites (tertiary alicyclic amines) is 1. The summed E-state index contributed by atoms with van der Waals surface area (Å²) in [5.74, 6) is 0.944. The van der Waals surface area contributed by atoms with Crippen LogP contribution in [-0.4, -0.2) is 49.0 Å². The number of carbonyl (C=O) groups is 1. The lowest BCUT2D eigenvalue weighted by Crippen LogP contribution is -2.40. The van der Waals surface area contributed by atoms with Crippen molar-refractivity contribution < 1.29 is 4.79 Å². The molecule has 27 heavy (non-hydrogen) atoms. The predicted octanol–water partition coefficient (Wildman–Crippen LogP) is 3.67. The Kier molecular flexibility index (Phi) is 5.38. The minimum atomic E-state index is -0.107. The number of hydrogen-bond donors (Lipinski definition) is 0. The van der Waals surface area contributed by atoms with Gasteiger partial charge in [-0.15, -0.1) is 10.2 Å². The van der Waals surface area contributed by atoms with Crippen molar-refractivity contribution in [2.24, 2.45) is 0 Å². The van der Waals surface area contributed by atoms with Gasteiger partial charge in [-0.1, -0.05) is 49.0 Å². The number of piperidine rings is 1. The Morgan fingerprint density at radius 2 is 1.85 bits per heavy atom. The van der Waals surface area contributed by atoms with Crippen molar-refractivity contribution in [3.05, 3.63) is 42.5 Å². The van der Waals surface area contributed by atoms with Gasteiger partial charge in [0.05, 0.1) is 5.25 Å². The van der Waals surface area contributed by atoms with E-state index in [2.05, 4.69) is 17.1 Å². The minimum absolute atomic E-state index is 0.107. The zero-order chi connectivity index (χ0) is 18.6. The molecule has 1 atom stereocenters. The van der Waals surface area contributed by atoms with Gasteiger partial charge >= 0.3 is 0 Å². The van der Waals surface area contributed by atoms with Crippen LogP contribution in [0.15, 0.2) is 47.5 Å². The molecule has 0 N–H and O–H groups in total. The van der Waals surface area contributed by atoms with Crippen LogP contribution in [0.4, 0.5) is 0 Å². The van der Waals surface area contributed by atoms with Crippen molar-refractivity contribution in [2.45, 2.75) is 42.9 Å². The first-order chi connectivity index (χ1) is 13.3. The molecule has 1 aromatic carbocycles. The van der Waals surface area contributed by atoms with Crippen molar-refractivity contribution in [1.29, 1.82) is 0 Å². The molecule has 140 valence electrons. The van der Waals surface area contributed by atoms with E-state index in [0.29, 0.717) is 11.5 Å². The van der Waals surface area contributed by atoms with Crippen molar-refractivity contribution in [3.8, 4) is 11.4 Å². The summed E-state index contributed by atoms with van der Waals surface area (Å²) in [7, 11) is 0. The third kappa shape index (κ3) is 3.83. The van der Waals surface area contributed by atoms with E-state index < -0.39 is 0 Å². The number of benzene rings is 1. The summed E-state index contributed by atoms with van der Waals surface area (Å²) < 4.78 is 1.76. The van der Waals surface area contributed by atoms with Crippen LogP contribution in [0, 0.1) is 0 Å². The predicted molar refractivity (Wildman–Crippen MR) is 107 cm³/mol. The number of nitrogens with zero attached hydrogens (tertiary/aromatic N) is 5. The second kappa shape index (κ2) is 8.08. The van der Waals surface area contributed by atoms with E-state index in [9.17, 15) is 4.79 Å². The highest BCUT2D eigenvalue weighted by molar-refractivity contribution is 8.00. The molecule has 1 amide bonds. The first kappa shape index (κ1) is 18.0. The van der Waals surface area contributed by atoms with E-state index in [0.717, 1.165) is 42.9 Å². The second-order valence-electron chi connectivity index (χ2n) is 6.73. The number of thioether (sulfide) groups is 1. The Bertz CT molecular complexity index is 921. The molecule has 2 aromatic heterocycles. The van der Waals surface area contributed by atoms with Gasteiger partial charge in [-0.3, -0.25) is 4.79 Å². The van der Waals surface area contributed by atoms with Gasteiger partial charge in [-0.05, 0) is 37.8 Å². The number of hydrogen-bond acceptors (Lipinski definition) is 5. The first-order valence-electron chi connectivity index (χ1n) is 9.49. The van der Waals surface area contributed by atoms with Gasteiger partial charge in [0.2, 0.25) is 5.91 Å². The third-order valence-electron chi connectivity index (χ3n) is 4.85. The maximum atomic E-state index is 12.9. The Labute approximate surface area is 163 Å². The molecule has 1 aliphatic heterocycles. The van der Waals surface area contributed by atoms with E-state index in [1.54, 1.807) is 4.52 Å². The molecule has 6 nitrogen and oxygen atoms in total. The molecular formula is C20H23N5OS. The van der Waals surface area contributed by atoms with Gasteiger partial charge in [0, 0.05) is 18.7 Å². The number of rotatable bonds is 5. The molecule has 3 aromatic rings. The maximum absolute atomic E-state index is 12.9. The van der Waals surface area contributed by atoms with E-state index in [4.69, 9.17) is 5.10 Å². The fourth-order valence-electron chi connectivity index (χ4n) is 3.37. The standard InChI is InChI=1S/C20H23N5OS/c1-2-16(20(26)24-13-7-4-8-14-24)27-18-12-11-17-21-22-19(25(17)23-18)15-9-5-3-6-10-15/h3,5-6,9-12,16H,2,4,7-8,13-14H2,1H3/t16-/m1/s1. The van der Waals surface area contributed by atoms with Crippen molar-refractivity contribution >= 4 is 23.3 Å². The molecule has 7 heteroatoms. The first-order valence-corrected chi connectivity index (χ1v) is 10.4. The van der Waals surface area contributed by atoms with Crippen LogP contribution in [-0.2, 0) is 4.79 Å². The van der Waals surface area contributed by atoms with E-state index in [-0.39, 0.29) is 11.2 Å². The largest absolute Gasteiger partial charge is 0.342 e. The lowest BCUT2D eigenvalue weighted by molar-refractivity contribution is -0.131. The van der Waals surface area contributed by atoms with Gasteiger partial charge in [-0.25, -0.2) is 0 Å². The number of carbonyl (C=O) groups excluding carboxylic acids is 1. The highest BCUT2D eigenvalue weighted by Crippen LogP contribution is 2.27. The van der Waals surface area contributed by atoms with Gasteiger partial charge in [0.15, 0.2) is 11.5 Å².